The number of aromatic nitrogens is 2. The lowest BCUT2D eigenvalue weighted by Crippen LogP contribution is -2.00. The summed E-state index contributed by atoms with van der Waals surface area (Å²) in [4.78, 5) is 16.9. The van der Waals surface area contributed by atoms with E-state index >= 15 is 0 Å². The molecule has 23 heavy (non-hydrogen) atoms. The molecule has 4 heteroatoms. The molecule has 0 spiro atoms. The van der Waals surface area contributed by atoms with Crippen LogP contribution in [0.1, 0.15) is 41.7 Å². The van der Waals surface area contributed by atoms with E-state index in [4.69, 9.17) is 9.72 Å². The predicted molar refractivity (Wildman–Crippen MR) is 89.2 cm³/mol. The Morgan fingerprint density at radius 2 is 2.09 bits per heavy atom. The number of hydrogen-bond acceptors (Lipinski definition) is 3. The standard InChI is InChI=1S/C19H18N2O2/c1-12(22)15-9-8-14(23-2)11-16(15)19-18(13-6-7-13)20-17-5-3-4-10-21(17)19/h3-5,8-11,13H,6-7H2,1-2H3. The molecule has 0 saturated heterocycles. The Balaban J connectivity index is 2.05. The molecule has 0 N–H and O–H groups in total. The summed E-state index contributed by atoms with van der Waals surface area (Å²) in [5.41, 5.74) is 4.64. The lowest BCUT2D eigenvalue weighted by atomic mass is 9.98. The number of nitrogens with zero attached hydrogens (tertiary/aromatic N) is 2. The van der Waals surface area contributed by atoms with E-state index in [1.807, 2.05) is 42.6 Å². The van der Waals surface area contributed by atoms with Crippen LogP contribution < -0.4 is 4.74 Å². The maximum absolute atomic E-state index is 12.1. The molecule has 1 aliphatic carbocycles. The Bertz CT molecular complexity index is 907. The molecule has 2 heterocycles. The van der Waals surface area contributed by atoms with Crippen LogP contribution >= 0.6 is 0 Å². The summed E-state index contributed by atoms with van der Waals surface area (Å²) in [6, 6.07) is 11.6. The zero-order valence-electron chi connectivity index (χ0n) is 13.2. The van der Waals surface area contributed by atoms with Crippen molar-refractivity contribution in [3.63, 3.8) is 0 Å². The van der Waals surface area contributed by atoms with Gasteiger partial charge >= 0.3 is 0 Å². The number of pyridine rings is 1. The molecule has 1 saturated carbocycles. The number of Topliss-reactive ketones (excluding diaryl/α,β-unsaturated/α-hetero) is 1. The Morgan fingerprint density at radius 1 is 1.26 bits per heavy atom. The molecule has 1 aromatic carbocycles. The van der Waals surface area contributed by atoms with Gasteiger partial charge < -0.3 is 4.74 Å². The van der Waals surface area contributed by atoms with E-state index in [0.29, 0.717) is 11.5 Å². The van der Waals surface area contributed by atoms with Crippen LogP contribution in [0.15, 0.2) is 42.6 Å². The second-order valence-corrected chi connectivity index (χ2v) is 6.02. The zero-order chi connectivity index (χ0) is 16.0. The minimum atomic E-state index is 0.0512. The summed E-state index contributed by atoms with van der Waals surface area (Å²) in [5, 5.41) is 0. The fourth-order valence-electron chi connectivity index (χ4n) is 3.08. The predicted octanol–water partition coefficient (Wildman–Crippen LogP) is 4.09. The minimum absolute atomic E-state index is 0.0512. The SMILES string of the molecule is COc1ccc(C(C)=O)c(-c2c(C3CC3)nc3ccccn23)c1. The molecule has 116 valence electrons. The monoisotopic (exact) mass is 306 g/mol. The first-order valence-electron chi connectivity index (χ1n) is 7.85. The highest BCUT2D eigenvalue weighted by Crippen LogP contribution is 2.45. The van der Waals surface area contributed by atoms with Crippen LogP contribution in [0.5, 0.6) is 5.75 Å². The van der Waals surface area contributed by atoms with Gasteiger partial charge in [-0.1, -0.05) is 6.07 Å². The number of ether oxygens (including phenoxy) is 1. The molecule has 4 nitrogen and oxygen atoms in total. The quantitative estimate of drug-likeness (QED) is 0.682. The van der Waals surface area contributed by atoms with Gasteiger partial charge in [0.25, 0.3) is 0 Å². The van der Waals surface area contributed by atoms with Crippen molar-refractivity contribution in [2.24, 2.45) is 0 Å². The highest BCUT2D eigenvalue weighted by Gasteiger charge is 2.31. The number of benzene rings is 1. The number of hydrogen-bond donors (Lipinski definition) is 0. The average molecular weight is 306 g/mol. The van der Waals surface area contributed by atoms with Gasteiger partial charge in [-0.3, -0.25) is 9.20 Å². The van der Waals surface area contributed by atoms with E-state index in [9.17, 15) is 4.79 Å². The lowest BCUT2D eigenvalue weighted by molar-refractivity contribution is 0.101. The average Bonchev–Trinajstić information content (AvgIpc) is 3.34. The summed E-state index contributed by atoms with van der Waals surface area (Å²) < 4.78 is 7.45. The third-order valence-electron chi connectivity index (χ3n) is 4.38. The van der Waals surface area contributed by atoms with Crippen molar-refractivity contribution in [3.05, 3.63) is 53.9 Å². The van der Waals surface area contributed by atoms with Gasteiger partial charge in [-0.25, -0.2) is 4.98 Å². The number of imidazole rings is 1. The first kappa shape index (κ1) is 14.0. The van der Waals surface area contributed by atoms with Gasteiger partial charge in [0.05, 0.1) is 18.5 Å². The molecule has 1 fully saturated rings. The third-order valence-corrected chi connectivity index (χ3v) is 4.38. The Morgan fingerprint density at radius 3 is 2.78 bits per heavy atom. The summed E-state index contributed by atoms with van der Waals surface area (Å²) in [5.74, 6) is 1.30. The molecule has 0 aliphatic heterocycles. The fourth-order valence-corrected chi connectivity index (χ4v) is 3.08. The van der Waals surface area contributed by atoms with Crippen LogP contribution in [0.2, 0.25) is 0 Å². The van der Waals surface area contributed by atoms with Crippen molar-refractivity contribution in [1.29, 1.82) is 0 Å². The largest absolute Gasteiger partial charge is 0.497 e. The normalized spacial score (nSPS) is 14.2. The third kappa shape index (κ3) is 2.31. The van der Waals surface area contributed by atoms with E-state index in [1.165, 1.54) is 0 Å². The Labute approximate surface area is 134 Å². The fraction of sp³-hybridized carbons (Fsp3) is 0.263. The number of fused-ring (bicyclic) bond motifs is 1. The van der Waals surface area contributed by atoms with Crippen LogP contribution in [-0.2, 0) is 0 Å². The summed E-state index contributed by atoms with van der Waals surface area (Å²) in [6.45, 7) is 1.60. The van der Waals surface area contributed by atoms with Gasteiger partial charge in [0.2, 0.25) is 0 Å². The zero-order valence-corrected chi connectivity index (χ0v) is 13.2. The summed E-state index contributed by atoms with van der Waals surface area (Å²) in [7, 11) is 1.64. The van der Waals surface area contributed by atoms with Crippen molar-refractivity contribution in [2.45, 2.75) is 25.7 Å². The van der Waals surface area contributed by atoms with Crippen molar-refractivity contribution in [1.82, 2.24) is 9.38 Å². The number of ketones is 1. The van der Waals surface area contributed by atoms with Crippen molar-refractivity contribution in [3.8, 4) is 17.0 Å². The number of carbonyl (C=O) groups excluding carboxylic acids is 1. The van der Waals surface area contributed by atoms with Crippen molar-refractivity contribution in [2.75, 3.05) is 7.11 Å². The van der Waals surface area contributed by atoms with Crippen molar-refractivity contribution < 1.29 is 9.53 Å². The van der Waals surface area contributed by atoms with Gasteiger partial charge in [-0.2, -0.15) is 0 Å². The molecule has 0 atom stereocenters. The van der Waals surface area contributed by atoms with E-state index < -0.39 is 0 Å². The number of carbonyl (C=O) groups is 1. The Hall–Kier alpha value is -2.62. The smallest absolute Gasteiger partial charge is 0.160 e. The molecule has 1 aliphatic rings. The van der Waals surface area contributed by atoms with E-state index in [1.54, 1.807) is 14.0 Å². The van der Waals surface area contributed by atoms with Gasteiger partial charge in [-0.05, 0) is 50.1 Å². The molecule has 0 bridgehead atoms. The summed E-state index contributed by atoms with van der Waals surface area (Å²) >= 11 is 0. The second-order valence-electron chi connectivity index (χ2n) is 6.02. The van der Waals surface area contributed by atoms with Crippen molar-refractivity contribution >= 4 is 11.4 Å². The maximum atomic E-state index is 12.1. The first-order chi connectivity index (χ1) is 11.2. The van der Waals surface area contributed by atoms with Gasteiger partial charge in [0.15, 0.2) is 5.78 Å². The Kier molecular flexibility index (Phi) is 3.18. The van der Waals surface area contributed by atoms with Crippen LogP contribution in [0.4, 0.5) is 0 Å². The van der Waals surface area contributed by atoms with E-state index in [-0.39, 0.29) is 5.78 Å². The minimum Gasteiger partial charge on any atom is -0.497 e. The molecule has 4 rings (SSSR count). The molecule has 2 aromatic heterocycles. The number of methoxy groups -OCH3 is 1. The molecule has 0 unspecified atom stereocenters. The van der Waals surface area contributed by atoms with Crippen LogP contribution in [-0.4, -0.2) is 22.3 Å². The van der Waals surface area contributed by atoms with Gasteiger partial charge in [0.1, 0.15) is 11.4 Å². The topological polar surface area (TPSA) is 43.6 Å². The number of rotatable bonds is 4. The van der Waals surface area contributed by atoms with Gasteiger partial charge in [0, 0.05) is 23.2 Å². The lowest BCUT2D eigenvalue weighted by Gasteiger charge is -2.11. The van der Waals surface area contributed by atoms with Gasteiger partial charge in [-0.15, -0.1) is 0 Å². The highest BCUT2D eigenvalue weighted by molar-refractivity contribution is 6.01. The second kappa shape index (κ2) is 5.23. The van der Waals surface area contributed by atoms with E-state index in [2.05, 4.69) is 4.40 Å². The molecule has 0 amide bonds. The first-order valence-corrected chi connectivity index (χ1v) is 7.85. The molecular weight excluding hydrogens is 288 g/mol. The summed E-state index contributed by atoms with van der Waals surface area (Å²) in [6.07, 6.45) is 4.33. The van der Waals surface area contributed by atoms with E-state index in [0.717, 1.165) is 41.2 Å². The maximum Gasteiger partial charge on any atom is 0.160 e. The molecule has 0 radical (unpaired) electrons. The van der Waals surface area contributed by atoms with Crippen LogP contribution in [0, 0.1) is 0 Å². The molecule has 3 aromatic rings. The van der Waals surface area contributed by atoms with Crippen LogP contribution in [0.3, 0.4) is 0 Å². The highest BCUT2D eigenvalue weighted by atomic mass is 16.5. The molecular formula is C19H18N2O2. The van der Waals surface area contributed by atoms with Crippen LogP contribution in [0.25, 0.3) is 16.9 Å².